The summed E-state index contributed by atoms with van der Waals surface area (Å²) in [5, 5.41) is 3.57. The second kappa shape index (κ2) is 6.03. The molecule has 1 N–H and O–H groups in total. The first-order chi connectivity index (χ1) is 8.22. The summed E-state index contributed by atoms with van der Waals surface area (Å²) in [5.41, 5.74) is 0. The van der Waals surface area contributed by atoms with Gasteiger partial charge in [-0.2, -0.15) is 0 Å². The van der Waals surface area contributed by atoms with Crippen LogP contribution in [0.4, 0.5) is 0 Å². The van der Waals surface area contributed by atoms with Crippen LogP contribution in [0.3, 0.4) is 0 Å². The zero-order chi connectivity index (χ0) is 12.3. The number of rotatable bonds is 5. The fourth-order valence-corrected chi connectivity index (χ4v) is 2.83. The molecule has 3 atom stereocenters. The monoisotopic (exact) mass is 301 g/mol. The van der Waals surface area contributed by atoms with Crippen molar-refractivity contribution < 1.29 is 9.15 Å². The zero-order valence-corrected chi connectivity index (χ0v) is 12.0. The maximum Gasteiger partial charge on any atom is 0.135 e. The molecule has 0 radical (unpaired) electrons. The summed E-state index contributed by atoms with van der Waals surface area (Å²) in [5.74, 6) is 1.50. The predicted octanol–water partition coefficient (Wildman–Crippen LogP) is 3.51. The van der Waals surface area contributed by atoms with Gasteiger partial charge in [-0.15, -0.1) is 0 Å². The molecule has 96 valence electrons. The molecule has 2 heterocycles. The minimum Gasteiger partial charge on any atom is -0.466 e. The van der Waals surface area contributed by atoms with E-state index in [1.165, 1.54) is 0 Å². The molecular weight excluding hydrogens is 282 g/mol. The first kappa shape index (κ1) is 13.1. The lowest BCUT2D eigenvalue weighted by molar-refractivity contribution is 0.115. The Kier molecular flexibility index (Phi) is 4.65. The Hall–Kier alpha value is -0.320. The molecule has 3 nitrogen and oxygen atoms in total. The average molecular weight is 302 g/mol. The first-order valence-electron chi connectivity index (χ1n) is 6.30. The van der Waals surface area contributed by atoms with Crippen LogP contribution in [0.25, 0.3) is 0 Å². The highest BCUT2D eigenvalue weighted by Gasteiger charge is 2.32. The normalized spacial score (nSPS) is 26.3. The maximum absolute atomic E-state index is 5.67. The molecular formula is C13H20BrNO2. The van der Waals surface area contributed by atoms with Crippen LogP contribution >= 0.6 is 15.9 Å². The molecule has 1 aromatic rings. The molecule has 0 saturated carbocycles. The van der Waals surface area contributed by atoms with Gasteiger partial charge in [0.1, 0.15) is 5.76 Å². The number of halogens is 1. The Labute approximate surface area is 111 Å². The Morgan fingerprint density at radius 3 is 2.94 bits per heavy atom. The van der Waals surface area contributed by atoms with Gasteiger partial charge < -0.3 is 14.5 Å². The van der Waals surface area contributed by atoms with Crippen molar-refractivity contribution >= 4 is 15.9 Å². The molecule has 0 amide bonds. The minimum absolute atomic E-state index is 0.254. The number of furan rings is 1. The van der Waals surface area contributed by atoms with Crippen molar-refractivity contribution in [3.05, 3.63) is 22.6 Å². The number of ether oxygens (including phenoxy) is 1. The van der Waals surface area contributed by atoms with Crippen molar-refractivity contribution in [3.8, 4) is 0 Å². The molecule has 1 aromatic heterocycles. The zero-order valence-electron chi connectivity index (χ0n) is 10.4. The fraction of sp³-hybridized carbons (Fsp3) is 0.692. The van der Waals surface area contributed by atoms with Crippen molar-refractivity contribution in [3.63, 3.8) is 0 Å². The number of nitrogens with one attached hydrogen (secondary N) is 1. The highest BCUT2D eigenvalue weighted by atomic mass is 79.9. The second-order valence-electron chi connectivity index (χ2n) is 4.70. The van der Waals surface area contributed by atoms with Crippen molar-refractivity contribution in [1.82, 2.24) is 5.32 Å². The first-order valence-corrected chi connectivity index (χ1v) is 7.09. The second-order valence-corrected chi connectivity index (χ2v) is 5.56. The third-order valence-corrected chi connectivity index (χ3v) is 3.90. The van der Waals surface area contributed by atoms with Gasteiger partial charge in [-0.05, 0) is 48.3 Å². The van der Waals surface area contributed by atoms with Crippen LogP contribution in [0, 0.1) is 5.92 Å². The molecule has 17 heavy (non-hydrogen) atoms. The van der Waals surface area contributed by atoms with Gasteiger partial charge in [-0.1, -0.05) is 6.92 Å². The molecule has 4 heteroatoms. The van der Waals surface area contributed by atoms with Crippen LogP contribution in [0.5, 0.6) is 0 Å². The fourth-order valence-electron chi connectivity index (χ4n) is 2.38. The van der Waals surface area contributed by atoms with E-state index >= 15 is 0 Å². The third-order valence-electron chi connectivity index (χ3n) is 3.24. The van der Waals surface area contributed by atoms with Gasteiger partial charge in [-0.25, -0.2) is 0 Å². The molecule has 0 bridgehead atoms. The molecule has 0 aromatic carbocycles. The van der Waals surface area contributed by atoms with Crippen molar-refractivity contribution in [2.45, 2.75) is 38.8 Å². The van der Waals surface area contributed by atoms with Gasteiger partial charge in [0.15, 0.2) is 0 Å². The molecule has 1 aliphatic heterocycles. The van der Waals surface area contributed by atoms with Crippen molar-refractivity contribution in [2.24, 2.45) is 5.92 Å². The van der Waals surface area contributed by atoms with Crippen LogP contribution < -0.4 is 5.32 Å². The van der Waals surface area contributed by atoms with E-state index in [0.29, 0.717) is 12.0 Å². The van der Waals surface area contributed by atoms with Crippen LogP contribution in [0.1, 0.15) is 38.5 Å². The van der Waals surface area contributed by atoms with Gasteiger partial charge in [0.05, 0.1) is 29.5 Å². The Bertz CT molecular complexity index is 353. The van der Waals surface area contributed by atoms with Gasteiger partial charge in [0.2, 0.25) is 0 Å². The predicted molar refractivity (Wildman–Crippen MR) is 71.0 cm³/mol. The van der Waals surface area contributed by atoms with E-state index < -0.39 is 0 Å². The van der Waals surface area contributed by atoms with E-state index in [2.05, 4.69) is 35.1 Å². The van der Waals surface area contributed by atoms with E-state index in [1.54, 1.807) is 6.26 Å². The third kappa shape index (κ3) is 3.12. The van der Waals surface area contributed by atoms with E-state index in [4.69, 9.17) is 9.15 Å². The lowest BCUT2D eigenvalue weighted by Gasteiger charge is -2.22. The summed E-state index contributed by atoms with van der Waals surface area (Å²) in [6.45, 7) is 6.13. The number of hydrogen-bond donors (Lipinski definition) is 1. The standard InChI is InChI=1S/C13H20BrNO2/c1-3-5-15-12(10-7-9(2)17-8-10)13-11(14)4-6-16-13/h4,6,9-10,12,15H,3,5,7-8H2,1-2H3. The Balaban J connectivity index is 2.10. The van der Waals surface area contributed by atoms with E-state index in [-0.39, 0.29) is 6.04 Å². The van der Waals surface area contributed by atoms with Gasteiger partial charge in [0.25, 0.3) is 0 Å². The molecule has 0 aliphatic carbocycles. The maximum atomic E-state index is 5.67. The lowest BCUT2D eigenvalue weighted by Crippen LogP contribution is -2.29. The molecule has 1 aliphatic rings. The minimum atomic E-state index is 0.254. The lowest BCUT2D eigenvalue weighted by atomic mass is 9.95. The SMILES string of the molecule is CCCNC(c1occc1Br)C1COC(C)C1. The topological polar surface area (TPSA) is 34.4 Å². The number of hydrogen-bond acceptors (Lipinski definition) is 3. The molecule has 1 fully saturated rings. The highest BCUT2D eigenvalue weighted by molar-refractivity contribution is 9.10. The summed E-state index contributed by atoms with van der Waals surface area (Å²) in [4.78, 5) is 0. The van der Waals surface area contributed by atoms with Gasteiger partial charge in [0, 0.05) is 5.92 Å². The summed E-state index contributed by atoms with van der Waals surface area (Å²) < 4.78 is 12.3. The van der Waals surface area contributed by atoms with Crippen molar-refractivity contribution in [1.29, 1.82) is 0 Å². The molecule has 3 unspecified atom stereocenters. The smallest absolute Gasteiger partial charge is 0.135 e. The Morgan fingerprint density at radius 2 is 2.41 bits per heavy atom. The van der Waals surface area contributed by atoms with Crippen LogP contribution in [0.15, 0.2) is 21.2 Å². The average Bonchev–Trinajstić information content (AvgIpc) is 2.90. The van der Waals surface area contributed by atoms with Crippen LogP contribution in [-0.2, 0) is 4.74 Å². The van der Waals surface area contributed by atoms with E-state index in [0.717, 1.165) is 36.2 Å². The van der Waals surface area contributed by atoms with E-state index in [9.17, 15) is 0 Å². The van der Waals surface area contributed by atoms with Gasteiger partial charge in [-0.3, -0.25) is 0 Å². The summed E-state index contributed by atoms with van der Waals surface area (Å²) in [7, 11) is 0. The van der Waals surface area contributed by atoms with E-state index in [1.807, 2.05) is 6.07 Å². The molecule has 2 rings (SSSR count). The Morgan fingerprint density at radius 1 is 1.59 bits per heavy atom. The quantitative estimate of drug-likeness (QED) is 0.904. The molecule has 1 saturated heterocycles. The summed E-state index contributed by atoms with van der Waals surface area (Å²) in [6.07, 6.45) is 4.31. The summed E-state index contributed by atoms with van der Waals surface area (Å²) >= 11 is 3.55. The summed E-state index contributed by atoms with van der Waals surface area (Å²) in [6, 6.07) is 2.21. The van der Waals surface area contributed by atoms with Crippen LogP contribution in [0.2, 0.25) is 0 Å². The largest absolute Gasteiger partial charge is 0.466 e. The van der Waals surface area contributed by atoms with Crippen LogP contribution in [-0.4, -0.2) is 19.3 Å². The van der Waals surface area contributed by atoms with Gasteiger partial charge >= 0.3 is 0 Å². The molecule has 0 spiro atoms. The highest BCUT2D eigenvalue weighted by Crippen LogP contribution is 2.35. The van der Waals surface area contributed by atoms with Crippen molar-refractivity contribution in [2.75, 3.05) is 13.2 Å².